The van der Waals surface area contributed by atoms with Gasteiger partial charge in [-0.25, -0.2) is 4.79 Å². The van der Waals surface area contributed by atoms with Gasteiger partial charge in [0.15, 0.2) is 0 Å². The lowest BCUT2D eigenvalue weighted by Gasteiger charge is -2.21. The molecule has 1 fully saturated rings. The summed E-state index contributed by atoms with van der Waals surface area (Å²) in [5.41, 5.74) is -0.395. The fourth-order valence-electron chi connectivity index (χ4n) is 2.79. The number of carbonyl (C=O) groups is 2. The van der Waals surface area contributed by atoms with Crippen molar-refractivity contribution < 1.29 is 27.8 Å². The van der Waals surface area contributed by atoms with E-state index in [9.17, 15) is 18.4 Å². The van der Waals surface area contributed by atoms with Gasteiger partial charge < -0.3 is 14.8 Å². The summed E-state index contributed by atoms with van der Waals surface area (Å²) < 4.78 is 34.0. The molecule has 28 heavy (non-hydrogen) atoms. The Morgan fingerprint density at radius 3 is 2.46 bits per heavy atom. The number of hydrogen-bond acceptors (Lipinski definition) is 5. The van der Waals surface area contributed by atoms with Crippen LogP contribution in [0.4, 0.5) is 13.6 Å². The first-order valence-electron chi connectivity index (χ1n) is 8.24. The number of nitrogens with one attached hydrogen (secondary N) is 1. The highest BCUT2D eigenvalue weighted by Crippen LogP contribution is 2.30. The highest BCUT2D eigenvalue weighted by atomic mass is 19.3. The Balaban J connectivity index is 1.83. The van der Waals surface area contributed by atoms with Crippen LogP contribution in [0.5, 0.6) is 11.5 Å². The maximum atomic E-state index is 12.8. The minimum atomic E-state index is -2.95. The second-order valence-electron chi connectivity index (χ2n) is 6.06. The van der Waals surface area contributed by atoms with E-state index in [1.807, 2.05) is 0 Å². The van der Waals surface area contributed by atoms with Crippen molar-refractivity contribution in [3.63, 3.8) is 0 Å². The summed E-state index contributed by atoms with van der Waals surface area (Å²) in [5.74, 6) is -0.118. The van der Waals surface area contributed by atoms with Crippen LogP contribution in [-0.4, -0.2) is 36.9 Å². The molecule has 1 N–H and O–H groups in total. The van der Waals surface area contributed by atoms with Crippen LogP contribution in [0, 0.1) is 0 Å². The minimum Gasteiger partial charge on any atom is -0.496 e. The molecular formula is C19H17F2N3O4. The molecule has 0 aromatic heterocycles. The molecule has 2 aromatic carbocycles. The van der Waals surface area contributed by atoms with Crippen LogP contribution in [0.1, 0.15) is 18.1 Å². The molecule has 0 aliphatic carbocycles. The number of urea groups is 1. The third-order valence-electron chi connectivity index (χ3n) is 4.28. The molecule has 0 unspecified atom stereocenters. The summed E-state index contributed by atoms with van der Waals surface area (Å²) in [6, 6.07) is 11.8. The third-order valence-corrected chi connectivity index (χ3v) is 4.28. The van der Waals surface area contributed by atoms with Crippen LogP contribution in [-0.2, 0) is 10.3 Å². The van der Waals surface area contributed by atoms with Crippen LogP contribution in [0.15, 0.2) is 53.6 Å². The zero-order chi connectivity index (χ0) is 20.3. The number of alkyl halides is 2. The van der Waals surface area contributed by atoms with Crippen molar-refractivity contribution in [2.24, 2.45) is 5.10 Å². The number of para-hydroxylation sites is 1. The van der Waals surface area contributed by atoms with Crippen LogP contribution < -0.4 is 14.8 Å². The fraction of sp³-hybridized carbons (Fsp3) is 0.211. The zero-order valence-corrected chi connectivity index (χ0v) is 15.1. The molecule has 146 valence electrons. The van der Waals surface area contributed by atoms with E-state index < -0.39 is 24.1 Å². The summed E-state index contributed by atoms with van der Waals surface area (Å²) in [4.78, 5) is 25.1. The summed E-state index contributed by atoms with van der Waals surface area (Å²) in [5, 5.41) is 7.28. The largest absolute Gasteiger partial charge is 0.496 e. The van der Waals surface area contributed by atoms with Crippen molar-refractivity contribution in [2.45, 2.75) is 19.1 Å². The number of methoxy groups -OCH3 is 1. The average molecular weight is 389 g/mol. The lowest BCUT2D eigenvalue weighted by molar-refractivity contribution is -0.131. The Kier molecular flexibility index (Phi) is 5.25. The molecule has 3 amide bonds. The second-order valence-corrected chi connectivity index (χ2v) is 6.06. The minimum absolute atomic E-state index is 0.0508. The second kappa shape index (κ2) is 7.63. The molecule has 7 nitrogen and oxygen atoms in total. The van der Waals surface area contributed by atoms with E-state index >= 15 is 0 Å². The standard InChI is InChI=1S/C19H17F2N3O4/c1-19(13-7-9-14(10-8-13)28-17(20)21)16(25)24(18(26)23-19)22-11-12-5-3-4-6-15(12)27-2/h3-11,17H,1-2H3,(H,23,26)/t19-/m0/s1. The number of nitrogens with zero attached hydrogens (tertiary/aromatic N) is 2. The van der Waals surface area contributed by atoms with Crippen LogP contribution in [0.25, 0.3) is 0 Å². The number of hydrogen-bond donors (Lipinski definition) is 1. The third kappa shape index (κ3) is 3.64. The summed E-state index contributed by atoms with van der Waals surface area (Å²) in [6.45, 7) is -1.44. The SMILES string of the molecule is COc1ccccc1C=NN1C(=O)N[C@@](C)(c2ccc(OC(F)F)cc2)C1=O. The normalized spacial score (nSPS) is 19.4. The van der Waals surface area contributed by atoms with Gasteiger partial charge in [0.1, 0.15) is 17.0 Å². The highest BCUT2D eigenvalue weighted by Gasteiger charge is 2.49. The van der Waals surface area contributed by atoms with Gasteiger partial charge in [0.2, 0.25) is 0 Å². The molecule has 1 aliphatic heterocycles. The number of benzene rings is 2. The van der Waals surface area contributed by atoms with Gasteiger partial charge in [0, 0.05) is 5.56 Å². The molecule has 2 aromatic rings. The molecule has 1 aliphatic rings. The fourth-order valence-corrected chi connectivity index (χ4v) is 2.79. The Morgan fingerprint density at radius 1 is 1.14 bits per heavy atom. The number of ether oxygens (including phenoxy) is 2. The van der Waals surface area contributed by atoms with E-state index in [4.69, 9.17) is 4.74 Å². The van der Waals surface area contributed by atoms with Gasteiger partial charge in [-0.15, -0.1) is 5.01 Å². The molecule has 1 atom stereocenters. The lowest BCUT2D eigenvalue weighted by Crippen LogP contribution is -2.40. The number of hydrazone groups is 1. The predicted molar refractivity (Wildman–Crippen MR) is 96.4 cm³/mol. The Morgan fingerprint density at radius 2 is 1.82 bits per heavy atom. The summed E-state index contributed by atoms with van der Waals surface area (Å²) in [7, 11) is 1.50. The smallest absolute Gasteiger partial charge is 0.387 e. The van der Waals surface area contributed by atoms with Crippen molar-refractivity contribution in [3.05, 3.63) is 59.7 Å². The van der Waals surface area contributed by atoms with Gasteiger partial charge >= 0.3 is 12.6 Å². The first kappa shape index (κ1) is 19.3. The van der Waals surface area contributed by atoms with Crippen molar-refractivity contribution in [2.75, 3.05) is 7.11 Å². The van der Waals surface area contributed by atoms with Crippen molar-refractivity contribution in [1.82, 2.24) is 10.3 Å². The molecule has 1 saturated heterocycles. The zero-order valence-electron chi connectivity index (χ0n) is 15.1. The van der Waals surface area contributed by atoms with Crippen LogP contribution >= 0.6 is 0 Å². The van der Waals surface area contributed by atoms with E-state index in [-0.39, 0.29) is 5.75 Å². The van der Waals surface area contributed by atoms with Gasteiger partial charge in [0.25, 0.3) is 5.91 Å². The van der Waals surface area contributed by atoms with Gasteiger partial charge in [-0.05, 0) is 36.8 Å². The molecule has 0 radical (unpaired) electrons. The van der Waals surface area contributed by atoms with Gasteiger partial charge in [-0.2, -0.15) is 13.9 Å². The number of halogens is 2. The molecule has 0 spiro atoms. The van der Waals surface area contributed by atoms with E-state index in [0.29, 0.717) is 16.9 Å². The summed E-state index contributed by atoms with van der Waals surface area (Å²) >= 11 is 0. The van der Waals surface area contributed by atoms with Crippen LogP contribution in [0.3, 0.4) is 0 Å². The monoisotopic (exact) mass is 389 g/mol. The van der Waals surface area contributed by atoms with Crippen molar-refractivity contribution in [3.8, 4) is 11.5 Å². The maximum Gasteiger partial charge on any atom is 0.387 e. The van der Waals surface area contributed by atoms with Crippen LogP contribution in [0.2, 0.25) is 0 Å². The first-order chi connectivity index (χ1) is 13.3. The molecular weight excluding hydrogens is 372 g/mol. The van der Waals surface area contributed by atoms with E-state index in [1.54, 1.807) is 24.3 Å². The van der Waals surface area contributed by atoms with Gasteiger partial charge in [0.05, 0.1) is 13.3 Å². The maximum absolute atomic E-state index is 12.8. The molecule has 0 saturated carbocycles. The number of imide groups is 1. The topological polar surface area (TPSA) is 80.2 Å². The molecule has 3 rings (SSSR count). The number of amides is 3. The average Bonchev–Trinajstić information content (AvgIpc) is 2.90. The van der Waals surface area contributed by atoms with Crippen molar-refractivity contribution in [1.29, 1.82) is 0 Å². The van der Waals surface area contributed by atoms with E-state index in [0.717, 1.165) is 5.01 Å². The molecule has 0 bridgehead atoms. The Hall–Kier alpha value is -3.49. The van der Waals surface area contributed by atoms with Gasteiger partial charge in [-0.3, -0.25) is 4.79 Å². The lowest BCUT2D eigenvalue weighted by atomic mass is 9.92. The molecule has 1 heterocycles. The Bertz CT molecular complexity index is 918. The quantitative estimate of drug-likeness (QED) is 0.608. The highest BCUT2D eigenvalue weighted by molar-refractivity contribution is 6.07. The van der Waals surface area contributed by atoms with E-state index in [2.05, 4.69) is 15.2 Å². The van der Waals surface area contributed by atoms with Gasteiger partial charge in [-0.1, -0.05) is 24.3 Å². The predicted octanol–water partition coefficient (Wildman–Crippen LogP) is 3.10. The Labute approximate surface area is 159 Å². The van der Waals surface area contributed by atoms with E-state index in [1.165, 1.54) is 44.5 Å². The molecule has 9 heteroatoms. The summed E-state index contributed by atoms with van der Waals surface area (Å²) in [6.07, 6.45) is 1.35. The van der Waals surface area contributed by atoms with Crippen molar-refractivity contribution >= 4 is 18.2 Å². The number of carbonyl (C=O) groups excluding carboxylic acids is 2. The first-order valence-corrected chi connectivity index (χ1v) is 8.24. The number of rotatable bonds is 6.